The number of aryl methyl sites for hydroxylation is 1. The van der Waals surface area contributed by atoms with Crippen LogP contribution in [0.1, 0.15) is 26.3 Å². The Balaban J connectivity index is 2.64. The predicted molar refractivity (Wildman–Crippen MR) is 79.2 cm³/mol. The summed E-state index contributed by atoms with van der Waals surface area (Å²) in [7, 11) is 0. The summed E-state index contributed by atoms with van der Waals surface area (Å²) in [5.74, 6) is 0. The highest BCUT2D eigenvalue weighted by atomic mass is 15.0. The molecule has 2 aromatic carbocycles. The Bertz CT molecular complexity index is 726. The standard InChI is InChI=1S/C17H19N/c1-12-8-7-10-14-13-9-5-6-11-15(13)18(16(12)14)17(2,3)4/h5-11H,1-4H3. The number of benzene rings is 2. The van der Waals surface area contributed by atoms with Gasteiger partial charge in [0.25, 0.3) is 0 Å². The summed E-state index contributed by atoms with van der Waals surface area (Å²) in [5.41, 5.74) is 4.13. The van der Waals surface area contributed by atoms with Gasteiger partial charge >= 0.3 is 0 Å². The van der Waals surface area contributed by atoms with Crippen LogP contribution in [0.15, 0.2) is 42.5 Å². The summed E-state index contributed by atoms with van der Waals surface area (Å²) in [5, 5.41) is 2.71. The van der Waals surface area contributed by atoms with Gasteiger partial charge in [0.05, 0.1) is 5.52 Å². The lowest BCUT2D eigenvalue weighted by molar-refractivity contribution is 0.423. The third kappa shape index (κ3) is 1.47. The second kappa shape index (κ2) is 3.61. The molecule has 0 bridgehead atoms. The van der Waals surface area contributed by atoms with Crippen molar-refractivity contribution >= 4 is 21.8 Å². The van der Waals surface area contributed by atoms with E-state index in [1.807, 2.05) is 0 Å². The van der Waals surface area contributed by atoms with Crippen molar-refractivity contribution < 1.29 is 0 Å². The maximum absolute atomic E-state index is 2.47. The average molecular weight is 237 g/mol. The summed E-state index contributed by atoms with van der Waals surface area (Å²) in [4.78, 5) is 0. The van der Waals surface area contributed by atoms with E-state index in [1.165, 1.54) is 27.4 Å². The molecule has 1 heterocycles. The van der Waals surface area contributed by atoms with Crippen molar-refractivity contribution in [2.24, 2.45) is 0 Å². The van der Waals surface area contributed by atoms with Crippen LogP contribution < -0.4 is 0 Å². The molecular formula is C17H19N. The zero-order chi connectivity index (χ0) is 12.9. The lowest BCUT2D eigenvalue weighted by atomic mass is 10.1. The van der Waals surface area contributed by atoms with Crippen LogP contribution in [0, 0.1) is 6.92 Å². The molecule has 3 aromatic rings. The first-order valence-corrected chi connectivity index (χ1v) is 6.49. The minimum absolute atomic E-state index is 0.0907. The lowest BCUT2D eigenvalue weighted by Crippen LogP contribution is -2.21. The highest BCUT2D eigenvalue weighted by Gasteiger charge is 2.20. The molecule has 0 saturated heterocycles. The molecule has 1 heteroatoms. The summed E-state index contributed by atoms with van der Waals surface area (Å²) >= 11 is 0. The summed E-state index contributed by atoms with van der Waals surface area (Å²) in [6.45, 7) is 9.01. The Morgan fingerprint density at radius 3 is 2.22 bits per heavy atom. The quantitative estimate of drug-likeness (QED) is 0.526. The number of para-hydroxylation sites is 2. The van der Waals surface area contributed by atoms with Gasteiger partial charge < -0.3 is 4.57 Å². The minimum atomic E-state index is 0.0907. The molecular weight excluding hydrogens is 218 g/mol. The van der Waals surface area contributed by atoms with Crippen molar-refractivity contribution in [1.29, 1.82) is 0 Å². The Labute approximate surface area is 108 Å². The number of nitrogens with zero attached hydrogens (tertiary/aromatic N) is 1. The number of rotatable bonds is 0. The van der Waals surface area contributed by atoms with Crippen LogP contribution in [-0.4, -0.2) is 4.57 Å². The van der Waals surface area contributed by atoms with Gasteiger partial charge in [0.2, 0.25) is 0 Å². The largest absolute Gasteiger partial charge is 0.335 e. The minimum Gasteiger partial charge on any atom is -0.335 e. The highest BCUT2D eigenvalue weighted by molar-refractivity contribution is 6.09. The summed E-state index contributed by atoms with van der Waals surface area (Å²) in [6.07, 6.45) is 0. The van der Waals surface area contributed by atoms with Crippen LogP contribution in [0.4, 0.5) is 0 Å². The number of aromatic nitrogens is 1. The first kappa shape index (κ1) is 11.3. The second-order valence-corrected chi connectivity index (χ2v) is 5.99. The van der Waals surface area contributed by atoms with E-state index in [0.717, 1.165) is 0 Å². The smallest absolute Gasteiger partial charge is 0.0526 e. The van der Waals surface area contributed by atoms with Crippen molar-refractivity contribution in [2.75, 3.05) is 0 Å². The first-order chi connectivity index (χ1) is 8.50. The number of hydrogen-bond donors (Lipinski definition) is 0. The van der Waals surface area contributed by atoms with Crippen LogP contribution >= 0.6 is 0 Å². The molecule has 0 aliphatic carbocycles. The Hall–Kier alpha value is -1.76. The van der Waals surface area contributed by atoms with Gasteiger partial charge in [-0.05, 0) is 39.3 Å². The topological polar surface area (TPSA) is 4.93 Å². The van der Waals surface area contributed by atoms with Crippen molar-refractivity contribution in [3.05, 3.63) is 48.0 Å². The van der Waals surface area contributed by atoms with Gasteiger partial charge in [0, 0.05) is 21.8 Å². The lowest BCUT2D eigenvalue weighted by Gasteiger charge is -2.24. The van der Waals surface area contributed by atoms with E-state index in [-0.39, 0.29) is 5.54 Å². The summed E-state index contributed by atoms with van der Waals surface area (Å²) < 4.78 is 2.47. The van der Waals surface area contributed by atoms with Crippen LogP contribution in [0.2, 0.25) is 0 Å². The monoisotopic (exact) mass is 237 g/mol. The molecule has 1 nitrogen and oxygen atoms in total. The molecule has 0 spiro atoms. The zero-order valence-electron chi connectivity index (χ0n) is 11.5. The highest BCUT2D eigenvalue weighted by Crippen LogP contribution is 2.35. The van der Waals surface area contributed by atoms with Gasteiger partial charge in [-0.15, -0.1) is 0 Å². The molecule has 0 aliphatic heterocycles. The van der Waals surface area contributed by atoms with Crippen LogP contribution in [0.5, 0.6) is 0 Å². The molecule has 3 rings (SSSR count). The SMILES string of the molecule is Cc1cccc2c3ccccc3n(C(C)(C)C)c12. The van der Waals surface area contributed by atoms with Gasteiger partial charge in [-0.1, -0.05) is 36.4 Å². The fourth-order valence-electron chi connectivity index (χ4n) is 2.89. The molecule has 0 N–H and O–H groups in total. The molecule has 0 saturated carbocycles. The van der Waals surface area contributed by atoms with E-state index < -0.39 is 0 Å². The van der Waals surface area contributed by atoms with Gasteiger partial charge in [-0.2, -0.15) is 0 Å². The zero-order valence-corrected chi connectivity index (χ0v) is 11.5. The van der Waals surface area contributed by atoms with Crippen LogP contribution in [0.3, 0.4) is 0 Å². The molecule has 0 unspecified atom stereocenters. The van der Waals surface area contributed by atoms with E-state index in [4.69, 9.17) is 0 Å². The van der Waals surface area contributed by atoms with Gasteiger partial charge in [0.1, 0.15) is 0 Å². The van der Waals surface area contributed by atoms with E-state index in [0.29, 0.717) is 0 Å². The fraction of sp³-hybridized carbons (Fsp3) is 0.294. The fourth-order valence-corrected chi connectivity index (χ4v) is 2.89. The second-order valence-electron chi connectivity index (χ2n) is 5.99. The molecule has 0 amide bonds. The molecule has 1 aromatic heterocycles. The third-order valence-corrected chi connectivity index (χ3v) is 3.57. The van der Waals surface area contributed by atoms with Gasteiger partial charge in [0.15, 0.2) is 0 Å². The predicted octanol–water partition coefficient (Wildman–Crippen LogP) is 4.86. The van der Waals surface area contributed by atoms with E-state index in [9.17, 15) is 0 Å². The molecule has 0 atom stereocenters. The Morgan fingerprint density at radius 1 is 0.833 bits per heavy atom. The van der Waals surface area contributed by atoms with Gasteiger partial charge in [-0.3, -0.25) is 0 Å². The number of fused-ring (bicyclic) bond motifs is 3. The maximum Gasteiger partial charge on any atom is 0.0526 e. The molecule has 92 valence electrons. The van der Waals surface area contributed by atoms with E-state index in [1.54, 1.807) is 0 Å². The normalized spacial score (nSPS) is 12.4. The van der Waals surface area contributed by atoms with E-state index in [2.05, 4.69) is 74.7 Å². The Kier molecular flexibility index (Phi) is 2.28. The molecule has 18 heavy (non-hydrogen) atoms. The van der Waals surface area contributed by atoms with Crippen LogP contribution in [-0.2, 0) is 5.54 Å². The van der Waals surface area contributed by atoms with Crippen molar-refractivity contribution in [2.45, 2.75) is 33.2 Å². The van der Waals surface area contributed by atoms with Crippen molar-refractivity contribution in [3.63, 3.8) is 0 Å². The molecule has 0 aliphatic rings. The average Bonchev–Trinajstić information content (AvgIpc) is 2.65. The van der Waals surface area contributed by atoms with Crippen molar-refractivity contribution in [3.8, 4) is 0 Å². The maximum atomic E-state index is 2.47. The molecule has 0 fully saturated rings. The van der Waals surface area contributed by atoms with Gasteiger partial charge in [-0.25, -0.2) is 0 Å². The first-order valence-electron chi connectivity index (χ1n) is 6.49. The Morgan fingerprint density at radius 2 is 1.50 bits per heavy atom. The van der Waals surface area contributed by atoms with Crippen LogP contribution in [0.25, 0.3) is 21.8 Å². The van der Waals surface area contributed by atoms with Crippen molar-refractivity contribution in [1.82, 2.24) is 4.57 Å². The number of hydrogen-bond acceptors (Lipinski definition) is 0. The molecule has 0 radical (unpaired) electrons. The third-order valence-electron chi connectivity index (χ3n) is 3.57. The summed E-state index contributed by atoms with van der Waals surface area (Å²) in [6, 6.07) is 15.3. The van der Waals surface area contributed by atoms with E-state index >= 15 is 0 Å².